The SMILES string of the molecule is O=C(NCc1nc(-c2ccccn2)no1)c1cccc(C(F)(F)F)c1. The Labute approximate surface area is 139 Å². The zero-order valence-corrected chi connectivity index (χ0v) is 12.6. The second kappa shape index (κ2) is 6.71. The zero-order chi connectivity index (χ0) is 17.9. The Hall–Kier alpha value is -3.23. The molecule has 0 saturated carbocycles. The molecule has 2 aromatic heterocycles. The Kier molecular flexibility index (Phi) is 4.46. The van der Waals surface area contributed by atoms with Crippen molar-refractivity contribution in [3.63, 3.8) is 0 Å². The normalized spacial score (nSPS) is 11.3. The lowest BCUT2D eigenvalue weighted by molar-refractivity contribution is -0.137. The molecule has 0 atom stereocenters. The van der Waals surface area contributed by atoms with Gasteiger partial charge in [-0.05, 0) is 30.3 Å². The molecule has 1 N–H and O–H groups in total. The van der Waals surface area contributed by atoms with E-state index in [1.165, 1.54) is 12.1 Å². The predicted molar refractivity (Wildman–Crippen MR) is 80.1 cm³/mol. The first-order valence-corrected chi connectivity index (χ1v) is 7.13. The number of hydrogen-bond acceptors (Lipinski definition) is 5. The fourth-order valence-electron chi connectivity index (χ4n) is 2.02. The number of alkyl halides is 3. The lowest BCUT2D eigenvalue weighted by Gasteiger charge is -2.08. The summed E-state index contributed by atoms with van der Waals surface area (Å²) in [7, 11) is 0. The molecule has 0 saturated heterocycles. The summed E-state index contributed by atoms with van der Waals surface area (Å²) in [5.74, 6) is -0.311. The van der Waals surface area contributed by atoms with Crippen molar-refractivity contribution in [3.05, 3.63) is 65.7 Å². The second-order valence-corrected chi connectivity index (χ2v) is 4.99. The van der Waals surface area contributed by atoms with E-state index in [0.29, 0.717) is 5.69 Å². The van der Waals surface area contributed by atoms with E-state index >= 15 is 0 Å². The van der Waals surface area contributed by atoms with Gasteiger partial charge in [-0.1, -0.05) is 17.3 Å². The summed E-state index contributed by atoms with van der Waals surface area (Å²) >= 11 is 0. The number of amides is 1. The van der Waals surface area contributed by atoms with Crippen molar-refractivity contribution in [1.29, 1.82) is 0 Å². The summed E-state index contributed by atoms with van der Waals surface area (Å²) in [6.45, 7) is -0.116. The molecule has 0 radical (unpaired) electrons. The van der Waals surface area contributed by atoms with E-state index in [1.807, 2.05) is 0 Å². The minimum Gasteiger partial charge on any atom is -0.343 e. The van der Waals surface area contributed by atoms with Crippen LogP contribution in [0.2, 0.25) is 0 Å². The van der Waals surface area contributed by atoms with Crippen LogP contribution in [0.4, 0.5) is 13.2 Å². The van der Waals surface area contributed by atoms with Gasteiger partial charge in [-0.3, -0.25) is 9.78 Å². The molecule has 0 bridgehead atoms. The fraction of sp³-hybridized carbons (Fsp3) is 0.125. The van der Waals surface area contributed by atoms with Crippen molar-refractivity contribution in [3.8, 4) is 11.5 Å². The van der Waals surface area contributed by atoms with Crippen molar-refractivity contribution in [2.24, 2.45) is 0 Å². The van der Waals surface area contributed by atoms with Crippen LogP contribution in [-0.2, 0) is 12.7 Å². The third kappa shape index (κ3) is 4.00. The van der Waals surface area contributed by atoms with Gasteiger partial charge < -0.3 is 9.84 Å². The maximum atomic E-state index is 12.7. The highest BCUT2D eigenvalue weighted by Crippen LogP contribution is 2.29. The molecule has 3 aromatic rings. The van der Waals surface area contributed by atoms with Gasteiger partial charge in [0.1, 0.15) is 5.69 Å². The lowest BCUT2D eigenvalue weighted by atomic mass is 10.1. The van der Waals surface area contributed by atoms with E-state index in [-0.39, 0.29) is 23.8 Å². The van der Waals surface area contributed by atoms with E-state index in [2.05, 4.69) is 20.4 Å². The monoisotopic (exact) mass is 348 g/mol. The number of carbonyl (C=O) groups is 1. The lowest BCUT2D eigenvalue weighted by Crippen LogP contribution is -2.23. The molecule has 6 nitrogen and oxygen atoms in total. The Morgan fingerprint density at radius 2 is 2.00 bits per heavy atom. The van der Waals surface area contributed by atoms with E-state index in [9.17, 15) is 18.0 Å². The zero-order valence-electron chi connectivity index (χ0n) is 12.6. The summed E-state index contributed by atoms with van der Waals surface area (Å²) in [6, 6.07) is 9.32. The fourth-order valence-corrected chi connectivity index (χ4v) is 2.02. The average Bonchev–Trinajstić information content (AvgIpc) is 3.09. The number of aromatic nitrogens is 3. The standard InChI is InChI=1S/C16H11F3N4O2/c17-16(18,19)11-5-3-4-10(8-11)15(24)21-9-13-22-14(23-25-13)12-6-1-2-7-20-12/h1-8H,9H2,(H,21,24). The molecule has 9 heteroatoms. The first-order chi connectivity index (χ1) is 11.9. The highest BCUT2D eigenvalue weighted by molar-refractivity contribution is 5.94. The van der Waals surface area contributed by atoms with Crippen LogP contribution in [0.1, 0.15) is 21.8 Å². The van der Waals surface area contributed by atoms with E-state index < -0.39 is 17.6 Å². The van der Waals surface area contributed by atoms with E-state index in [1.54, 1.807) is 24.4 Å². The molecule has 1 aromatic carbocycles. The minimum absolute atomic E-state index is 0.112. The van der Waals surface area contributed by atoms with Crippen LogP contribution in [0.25, 0.3) is 11.5 Å². The smallest absolute Gasteiger partial charge is 0.343 e. The van der Waals surface area contributed by atoms with Crippen LogP contribution in [0.3, 0.4) is 0 Å². The van der Waals surface area contributed by atoms with Crippen molar-refractivity contribution < 1.29 is 22.5 Å². The average molecular weight is 348 g/mol. The Bertz CT molecular complexity index is 878. The maximum absolute atomic E-state index is 12.7. The summed E-state index contributed by atoms with van der Waals surface area (Å²) < 4.78 is 43.0. The van der Waals surface area contributed by atoms with Crippen LogP contribution < -0.4 is 5.32 Å². The van der Waals surface area contributed by atoms with Gasteiger partial charge in [-0.25, -0.2) is 0 Å². The first kappa shape index (κ1) is 16.6. The van der Waals surface area contributed by atoms with Gasteiger partial charge in [0, 0.05) is 11.8 Å². The molecule has 0 aliphatic carbocycles. The second-order valence-electron chi connectivity index (χ2n) is 4.99. The van der Waals surface area contributed by atoms with Crippen LogP contribution >= 0.6 is 0 Å². The molecule has 25 heavy (non-hydrogen) atoms. The van der Waals surface area contributed by atoms with Gasteiger partial charge in [-0.15, -0.1) is 0 Å². The molecular weight excluding hydrogens is 337 g/mol. The third-order valence-electron chi connectivity index (χ3n) is 3.21. The summed E-state index contributed by atoms with van der Waals surface area (Å²) in [6.07, 6.45) is -2.94. The predicted octanol–water partition coefficient (Wildman–Crippen LogP) is 3.08. The van der Waals surface area contributed by atoms with Crippen LogP contribution in [-0.4, -0.2) is 21.0 Å². The number of carbonyl (C=O) groups excluding carboxylic acids is 1. The van der Waals surface area contributed by atoms with Gasteiger partial charge in [0.25, 0.3) is 5.91 Å². The maximum Gasteiger partial charge on any atom is 0.416 e. The topological polar surface area (TPSA) is 80.9 Å². The number of benzene rings is 1. The molecule has 0 spiro atoms. The van der Waals surface area contributed by atoms with Gasteiger partial charge in [0.15, 0.2) is 0 Å². The number of nitrogens with zero attached hydrogens (tertiary/aromatic N) is 3. The van der Waals surface area contributed by atoms with E-state index in [0.717, 1.165) is 12.1 Å². The first-order valence-electron chi connectivity index (χ1n) is 7.13. The highest BCUT2D eigenvalue weighted by atomic mass is 19.4. The van der Waals surface area contributed by atoms with E-state index in [4.69, 9.17) is 4.52 Å². The highest BCUT2D eigenvalue weighted by Gasteiger charge is 2.30. The number of halogens is 3. The Morgan fingerprint density at radius 3 is 2.72 bits per heavy atom. The van der Waals surface area contributed by atoms with Gasteiger partial charge in [0.05, 0.1) is 12.1 Å². The van der Waals surface area contributed by atoms with Crippen LogP contribution in [0.15, 0.2) is 53.2 Å². The molecule has 1 amide bonds. The van der Waals surface area contributed by atoms with Crippen molar-refractivity contribution >= 4 is 5.91 Å². The Balaban J connectivity index is 1.66. The Morgan fingerprint density at radius 1 is 1.16 bits per heavy atom. The van der Waals surface area contributed by atoms with Gasteiger partial charge >= 0.3 is 6.18 Å². The van der Waals surface area contributed by atoms with Crippen molar-refractivity contribution in [2.75, 3.05) is 0 Å². The third-order valence-corrected chi connectivity index (χ3v) is 3.21. The molecule has 3 rings (SSSR count). The summed E-state index contributed by atoms with van der Waals surface area (Å²) in [5, 5.41) is 6.17. The molecule has 0 fully saturated rings. The number of pyridine rings is 1. The van der Waals surface area contributed by atoms with Gasteiger partial charge in [0.2, 0.25) is 11.7 Å². The molecular formula is C16H11F3N4O2. The molecule has 0 aliphatic rings. The molecule has 0 aliphatic heterocycles. The summed E-state index contributed by atoms with van der Waals surface area (Å²) in [5.41, 5.74) is -0.503. The van der Waals surface area contributed by atoms with Crippen LogP contribution in [0.5, 0.6) is 0 Å². The minimum atomic E-state index is -4.51. The van der Waals surface area contributed by atoms with Crippen molar-refractivity contribution in [2.45, 2.75) is 12.7 Å². The number of nitrogens with one attached hydrogen (secondary N) is 1. The number of hydrogen-bond donors (Lipinski definition) is 1. The largest absolute Gasteiger partial charge is 0.416 e. The van der Waals surface area contributed by atoms with Crippen molar-refractivity contribution in [1.82, 2.24) is 20.4 Å². The van der Waals surface area contributed by atoms with Crippen LogP contribution in [0, 0.1) is 0 Å². The number of rotatable bonds is 4. The quantitative estimate of drug-likeness (QED) is 0.784. The molecule has 2 heterocycles. The molecule has 128 valence electrons. The summed E-state index contributed by atoms with van der Waals surface area (Å²) in [4.78, 5) is 20.1. The van der Waals surface area contributed by atoms with Gasteiger partial charge in [-0.2, -0.15) is 18.2 Å². The molecule has 0 unspecified atom stereocenters.